The second kappa shape index (κ2) is 4.37. The average molecular weight is 238 g/mol. The second-order valence-electron chi connectivity index (χ2n) is 4.07. The molecule has 4 heteroatoms. The molecule has 0 radical (unpaired) electrons. The molecule has 0 aliphatic rings. The SMILES string of the molecule is CCCC(C)n1c(=S)[nH]c2c(F)cccc21. The molecule has 0 spiro atoms. The number of nitrogens with zero attached hydrogens (tertiary/aromatic N) is 1. The van der Waals surface area contributed by atoms with Gasteiger partial charge in [0, 0.05) is 6.04 Å². The Kier molecular flexibility index (Phi) is 3.10. The number of para-hydroxylation sites is 1. The predicted octanol–water partition coefficient (Wildman–Crippen LogP) is 4.20. The summed E-state index contributed by atoms with van der Waals surface area (Å²) >= 11 is 5.24. The van der Waals surface area contributed by atoms with E-state index in [0.717, 1.165) is 18.4 Å². The number of fused-ring (bicyclic) bond motifs is 1. The molecule has 0 saturated carbocycles. The highest BCUT2D eigenvalue weighted by Gasteiger charge is 2.12. The van der Waals surface area contributed by atoms with E-state index in [1.54, 1.807) is 6.07 Å². The van der Waals surface area contributed by atoms with Crippen LogP contribution in [0.5, 0.6) is 0 Å². The number of halogens is 1. The summed E-state index contributed by atoms with van der Waals surface area (Å²) in [5, 5.41) is 0. The van der Waals surface area contributed by atoms with Gasteiger partial charge in [-0.05, 0) is 37.7 Å². The van der Waals surface area contributed by atoms with Crippen LogP contribution in [0.2, 0.25) is 0 Å². The van der Waals surface area contributed by atoms with Gasteiger partial charge in [0.15, 0.2) is 4.77 Å². The molecular weight excluding hydrogens is 223 g/mol. The molecule has 2 nitrogen and oxygen atoms in total. The summed E-state index contributed by atoms with van der Waals surface area (Å²) in [5.74, 6) is -0.244. The Morgan fingerprint density at radius 2 is 2.25 bits per heavy atom. The van der Waals surface area contributed by atoms with Gasteiger partial charge in [-0.1, -0.05) is 19.4 Å². The van der Waals surface area contributed by atoms with Crippen molar-refractivity contribution in [2.75, 3.05) is 0 Å². The van der Waals surface area contributed by atoms with E-state index in [4.69, 9.17) is 12.2 Å². The maximum Gasteiger partial charge on any atom is 0.178 e. The maximum absolute atomic E-state index is 13.5. The topological polar surface area (TPSA) is 20.7 Å². The Morgan fingerprint density at radius 1 is 1.50 bits per heavy atom. The molecule has 1 N–H and O–H groups in total. The molecule has 0 fully saturated rings. The lowest BCUT2D eigenvalue weighted by Crippen LogP contribution is -2.04. The van der Waals surface area contributed by atoms with Gasteiger partial charge in [0.2, 0.25) is 0 Å². The van der Waals surface area contributed by atoms with Gasteiger partial charge in [-0.25, -0.2) is 4.39 Å². The number of hydrogen-bond donors (Lipinski definition) is 1. The van der Waals surface area contributed by atoms with Crippen LogP contribution < -0.4 is 0 Å². The summed E-state index contributed by atoms with van der Waals surface area (Å²) in [6.45, 7) is 4.24. The standard InChI is InChI=1S/C12H15FN2S/c1-3-5-8(2)15-10-7-4-6-9(13)11(10)14-12(15)16/h4,6-8H,3,5H2,1-2H3,(H,14,16). The van der Waals surface area contributed by atoms with Crippen molar-refractivity contribution in [3.63, 3.8) is 0 Å². The van der Waals surface area contributed by atoms with Crippen molar-refractivity contribution in [1.82, 2.24) is 9.55 Å². The number of nitrogens with one attached hydrogen (secondary N) is 1. The first-order chi connectivity index (χ1) is 7.65. The fourth-order valence-electron chi connectivity index (χ4n) is 2.10. The molecule has 86 valence electrons. The lowest BCUT2D eigenvalue weighted by molar-refractivity contribution is 0.507. The first-order valence-corrected chi connectivity index (χ1v) is 5.94. The van der Waals surface area contributed by atoms with E-state index in [9.17, 15) is 4.39 Å². The van der Waals surface area contributed by atoms with Crippen LogP contribution in [0.25, 0.3) is 11.0 Å². The summed E-state index contributed by atoms with van der Waals surface area (Å²) in [5.41, 5.74) is 1.36. The summed E-state index contributed by atoms with van der Waals surface area (Å²) in [6.07, 6.45) is 2.13. The number of rotatable bonds is 3. The molecule has 2 aromatic rings. The zero-order valence-electron chi connectivity index (χ0n) is 9.46. The van der Waals surface area contributed by atoms with Crippen molar-refractivity contribution in [3.05, 3.63) is 28.8 Å². The average Bonchev–Trinajstić information content (AvgIpc) is 2.56. The highest BCUT2D eigenvalue weighted by molar-refractivity contribution is 7.71. The highest BCUT2D eigenvalue weighted by Crippen LogP contribution is 2.23. The molecule has 1 heterocycles. The van der Waals surface area contributed by atoms with E-state index in [0.29, 0.717) is 16.3 Å². The molecule has 1 unspecified atom stereocenters. The van der Waals surface area contributed by atoms with E-state index in [1.807, 2.05) is 10.6 Å². The third-order valence-electron chi connectivity index (χ3n) is 2.85. The fourth-order valence-corrected chi connectivity index (χ4v) is 2.48. The molecule has 0 bridgehead atoms. The number of aromatic amines is 1. The van der Waals surface area contributed by atoms with Crippen LogP contribution in [0.4, 0.5) is 4.39 Å². The molecule has 0 saturated heterocycles. The number of aromatic nitrogens is 2. The molecule has 0 aliphatic carbocycles. The van der Waals surface area contributed by atoms with E-state index in [1.165, 1.54) is 6.07 Å². The molecule has 0 amide bonds. The summed E-state index contributed by atoms with van der Waals surface area (Å²) in [7, 11) is 0. The van der Waals surface area contributed by atoms with Crippen molar-refractivity contribution < 1.29 is 4.39 Å². The summed E-state index contributed by atoms with van der Waals surface area (Å²) in [6, 6.07) is 5.36. The van der Waals surface area contributed by atoms with Crippen LogP contribution in [0.1, 0.15) is 32.7 Å². The van der Waals surface area contributed by atoms with Crippen LogP contribution >= 0.6 is 12.2 Å². The Morgan fingerprint density at radius 3 is 2.94 bits per heavy atom. The van der Waals surface area contributed by atoms with Crippen molar-refractivity contribution in [2.24, 2.45) is 0 Å². The monoisotopic (exact) mass is 238 g/mol. The molecule has 1 aromatic heterocycles. The van der Waals surface area contributed by atoms with E-state index < -0.39 is 0 Å². The number of H-pyrrole nitrogens is 1. The Bertz CT molecular complexity index is 556. The van der Waals surface area contributed by atoms with Gasteiger partial charge in [-0.2, -0.15) is 0 Å². The Labute approximate surface area is 99.1 Å². The summed E-state index contributed by atoms with van der Waals surface area (Å²) < 4.78 is 16.1. The molecule has 1 atom stereocenters. The Hall–Kier alpha value is -1.16. The normalized spacial score (nSPS) is 13.2. The molecular formula is C12H15FN2S. The van der Waals surface area contributed by atoms with Crippen LogP contribution in [-0.4, -0.2) is 9.55 Å². The van der Waals surface area contributed by atoms with Gasteiger partial charge in [0.25, 0.3) is 0 Å². The van der Waals surface area contributed by atoms with E-state index in [-0.39, 0.29) is 5.82 Å². The first-order valence-electron chi connectivity index (χ1n) is 5.54. The maximum atomic E-state index is 13.5. The molecule has 0 aliphatic heterocycles. The lowest BCUT2D eigenvalue weighted by atomic mass is 10.2. The van der Waals surface area contributed by atoms with E-state index in [2.05, 4.69) is 18.8 Å². The molecule has 16 heavy (non-hydrogen) atoms. The van der Waals surface area contributed by atoms with Gasteiger partial charge in [0.1, 0.15) is 11.3 Å². The van der Waals surface area contributed by atoms with Gasteiger partial charge < -0.3 is 9.55 Å². The minimum absolute atomic E-state index is 0.244. The minimum Gasteiger partial charge on any atom is -0.328 e. The smallest absolute Gasteiger partial charge is 0.178 e. The van der Waals surface area contributed by atoms with Crippen LogP contribution in [0, 0.1) is 10.6 Å². The second-order valence-corrected chi connectivity index (χ2v) is 4.46. The van der Waals surface area contributed by atoms with Crippen molar-refractivity contribution in [2.45, 2.75) is 32.7 Å². The fraction of sp³-hybridized carbons (Fsp3) is 0.417. The zero-order valence-corrected chi connectivity index (χ0v) is 10.3. The van der Waals surface area contributed by atoms with Crippen LogP contribution in [0.15, 0.2) is 18.2 Å². The van der Waals surface area contributed by atoms with Gasteiger partial charge in [-0.15, -0.1) is 0 Å². The molecule has 1 aromatic carbocycles. The molecule has 2 rings (SSSR count). The van der Waals surface area contributed by atoms with Gasteiger partial charge in [-0.3, -0.25) is 0 Å². The van der Waals surface area contributed by atoms with Gasteiger partial charge >= 0.3 is 0 Å². The Balaban J connectivity index is 2.65. The zero-order chi connectivity index (χ0) is 11.7. The number of imidazole rings is 1. The van der Waals surface area contributed by atoms with Crippen LogP contribution in [0.3, 0.4) is 0 Å². The largest absolute Gasteiger partial charge is 0.328 e. The van der Waals surface area contributed by atoms with Gasteiger partial charge in [0.05, 0.1) is 5.52 Å². The van der Waals surface area contributed by atoms with E-state index >= 15 is 0 Å². The number of hydrogen-bond acceptors (Lipinski definition) is 1. The lowest BCUT2D eigenvalue weighted by Gasteiger charge is -2.13. The predicted molar refractivity (Wildman–Crippen MR) is 66.7 cm³/mol. The van der Waals surface area contributed by atoms with Crippen molar-refractivity contribution in [1.29, 1.82) is 0 Å². The minimum atomic E-state index is -0.244. The van der Waals surface area contributed by atoms with Crippen molar-refractivity contribution >= 4 is 23.3 Å². The summed E-state index contributed by atoms with van der Waals surface area (Å²) in [4.78, 5) is 2.94. The number of benzene rings is 1. The highest BCUT2D eigenvalue weighted by atomic mass is 32.1. The van der Waals surface area contributed by atoms with Crippen LogP contribution in [-0.2, 0) is 0 Å². The third kappa shape index (κ3) is 1.78. The quantitative estimate of drug-likeness (QED) is 0.795. The third-order valence-corrected chi connectivity index (χ3v) is 3.15. The first kappa shape index (κ1) is 11.3. The van der Waals surface area contributed by atoms with Crippen molar-refractivity contribution in [3.8, 4) is 0 Å².